The molecule has 0 aliphatic rings. The molecule has 0 heterocycles. The van der Waals surface area contributed by atoms with Gasteiger partial charge in [0.1, 0.15) is 12.6 Å². The first-order chi connectivity index (χ1) is 18.6. The van der Waals surface area contributed by atoms with Crippen molar-refractivity contribution >= 4 is 27.5 Å². The van der Waals surface area contributed by atoms with Gasteiger partial charge in [-0.1, -0.05) is 74.0 Å². The van der Waals surface area contributed by atoms with Crippen LogP contribution >= 0.6 is 0 Å². The third-order valence-corrected chi connectivity index (χ3v) is 8.64. The lowest BCUT2D eigenvalue weighted by Crippen LogP contribution is -2.52. The Balaban J connectivity index is 2.08. The second-order valence-electron chi connectivity index (χ2n) is 9.77. The second kappa shape index (κ2) is 13.4. The molecule has 3 aromatic carbocycles. The standard InChI is InChI=1S/C31H39N3O4S/c1-6-20-32-31(36)28(7-2)33(21-26-18-16-23(3)17-19-26)30(35)22-34(29-15-11-12-24(4)25(29)5)39(37,38)27-13-9-8-10-14-27/h8-19,28H,6-7,20-22H2,1-5H3,(H,32,36). The van der Waals surface area contributed by atoms with Crippen molar-refractivity contribution in [2.24, 2.45) is 0 Å². The maximum absolute atomic E-state index is 14.1. The van der Waals surface area contributed by atoms with E-state index in [-0.39, 0.29) is 17.3 Å². The van der Waals surface area contributed by atoms with Crippen molar-refractivity contribution in [1.29, 1.82) is 0 Å². The molecule has 8 heteroatoms. The van der Waals surface area contributed by atoms with E-state index in [0.717, 1.165) is 28.7 Å². The number of benzene rings is 3. The largest absolute Gasteiger partial charge is 0.354 e. The number of amides is 2. The number of hydrogen-bond acceptors (Lipinski definition) is 4. The Morgan fingerprint density at radius 1 is 0.872 bits per heavy atom. The molecule has 0 saturated carbocycles. The number of carbonyl (C=O) groups excluding carboxylic acids is 2. The third-order valence-electron chi connectivity index (χ3n) is 6.86. The molecular weight excluding hydrogens is 510 g/mol. The van der Waals surface area contributed by atoms with Gasteiger partial charge in [-0.15, -0.1) is 0 Å². The zero-order valence-electron chi connectivity index (χ0n) is 23.5. The molecule has 208 valence electrons. The molecule has 0 aliphatic carbocycles. The number of hydrogen-bond donors (Lipinski definition) is 1. The van der Waals surface area contributed by atoms with Crippen LogP contribution in [0.2, 0.25) is 0 Å². The van der Waals surface area contributed by atoms with Gasteiger partial charge in [-0.2, -0.15) is 0 Å². The Labute approximate surface area is 232 Å². The lowest BCUT2D eigenvalue weighted by Gasteiger charge is -2.33. The Hall–Kier alpha value is -3.65. The molecule has 39 heavy (non-hydrogen) atoms. The van der Waals surface area contributed by atoms with Crippen LogP contribution < -0.4 is 9.62 Å². The van der Waals surface area contributed by atoms with E-state index in [4.69, 9.17) is 0 Å². The Kier molecular flexibility index (Phi) is 10.3. The molecule has 2 amide bonds. The normalized spacial score (nSPS) is 12.0. The molecule has 1 unspecified atom stereocenters. The third kappa shape index (κ3) is 7.26. The van der Waals surface area contributed by atoms with Gasteiger partial charge >= 0.3 is 0 Å². The molecule has 3 aromatic rings. The summed E-state index contributed by atoms with van der Waals surface area (Å²) >= 11 is 0. The van der Waals surface area contributed by atoms with E-state index in [1.165, 1.54) is 21.3 Å². The Bertz CT molecular complexity index is 1370. The number of nitrogens with one attached hydrogen (secondary N) is 1. The summed E-state index contributed by atoms with van der Waals surface area (Å²) in [6, 6.07) is 20.5. The van der Waals surface area contributed by atoms with Crippen LogP contribution in [0.5, 0.6) is 0 Å². The summed E-state index contributed by atoms with van der Waals surface area (Å²) in [5.74, 6) is -0.696. The van der Waals surface area contributed by atoms with Crippen molar-refractivity contribution in [3.05, 3.63) is 95.1 Å². The highest BCUT2D eigenvalue weighted by Gasteiger charge is 2.34. The second-order valence-corrected chi connectivity index (χ2v) is 11.6. The Morgan fingerprint density at radius 3 is 2.15 bits per heavy atom. The highest BCUT2D eigenvalue weighted by atomic mass is 32.2. The number of sulfonamides is 1. The minimum Gasteiger partial charge on any atom is -0.354 e. The van der Waals surface area contributed by atoms with E-state index in [0.29, 0.717) is 18.7 Å². The summed E-state index contributed by atoms with van der Waals surface area (Å²) < 4.78 is 29.1. The summed E-state index contributed by atoms with van der Waals surface area (Å²) in [5, 5.41) is 2.91. The van der Waals surface area contributed by atoms with Crippen LogP contribution in [0.1, 0.15) is 48.9 Å². The average molecular weight is 550 g/mol. The summed E-state index contributed by atoms with van der Waals surface area (Å²) in [6.07, 6.45) is 1.16. The van der Waals surface area contributed by atoms with Crippen molar-refractivity contribution in [3.8, 4) is 0 Å². The maximum Gasteiger partial charge on any atom is 0.264 e. The SMILES string of the molecule is CCCNC(=O)C(CC)N(Cc1ccc(C)cc1)C(=O)CN(c1cccc(C)c1C)S(=O)(=O)c1ccccc1. The molecule has 0 spiro atoms. The summed E-state index contributed by atoms with van der Waals surface area (Å²) in [4.78, 5) is 28.9. The van der Waals surface area contributed by atoms with Crippen molar-refractivity contribution in [3.63, 3.8) is 0 Å². The van der Waals surface area contributed by atoms with Gasteiger partial charge in [-0.25, -0.2) is 8.42 Å². The first kappa shape index (κ1) is 29.9. The number of anilines is 1. The molecule has 0 saturated heterocycles. The monoisotopic (exact) mass is 549 g/mol. The van der Waals surface area contributed by atoms with Crippen LogP contribution in [0.25, 0.3) is 0 Å². The van der Waals surface area contributed by atoms with Crippen molar-refractivity contribution in [2.75, 3.05) is 17.4 Å². The van der Waals surface area contributed by atoms with Crippen LogP contribution in [0.15, 0.2) is 77.7 Å². The lowest BCUT2D eigenvalue weighted by molar-refractivity contribution is -0.140. The van der Waals surface area contributed by atoms with Crippen LogP contribution in [0, 0.1) is 20.8 Å². The highest BCUT2D eigenvalue weighted by molar-refractivity contribution is 7.92. The van der Waals surface area contributed by atoms with E-state index in [2.05, 4.69) is 5.32 Å². The molecule has 7 nitrogen and oxygen atoms in total. The number of rotatable bonds is 12. The first-order valence-corrected chi connectivity index (χ1v) is 14.8. The minimum atomic E-state index is -4.08. The predicted octanol–water partition coefficient (Wildman–Crippen LogP) is 5.14. The smallest absolute Gasteiger partial charge is 0.264 e. The predicted molar refractivity (Wildman–Crippen MR) is 156 cm³/mol. The summed E-state index contributed by atoms with van der Waals surface area (Å²) in [7, 11) is -4.08. The van der Waals surface area contributed by atoms with Crippen LogP contribution in [0.3, 0.4) is 0 Å². The fourth-order valence-electron chi connectivity index (χ4n) is 4.41. The minimum absolute atomic E-state index is 0.0940. The molecule has 1 atom stereocenters. The zero-order valence-corrected chi connectivity index (χ0v) is 24.3. The average Bonchev–Trinajstić information content (AvgIpc) is 2.93. The van der Waals surface area contributed by atoms with Gasteiger partial charge < -0.3 is 10.2 Å². The van der Waals surface area contributed by atoms with E-state index in [1.807, 2.05) is 65.0 Å². The van der Waals surface area contributed by atoms with Gasteiger partial charge in [0.05, 0.1) is 10.6 Å². The van der Waals surface area contributed by atoms with E-state index in [1.54, 1.807) is 30.3 Å². The topological polar surface area (TPSA) is 86.8 Å². The van der Waals surface area contributed by atoms with Gasteiger partial charge in [0.15, 0.2) is 0 Å². The molecule has 3 rings (SSSR count). The number of carbonyl (C=O) groups is 2. The quantitative estimate of drug-likeness (QED) is 0.339. The van der Waals surface area contributed by atoms with Gasteiger partial charge in [-0.05, 0) is 68.5 Å². The van der Waals surface area contributed by atoms with Crippen LogP contribution in [-0.2, 0) is 26.2 Å². The van der Waals surface area contributed by atoms with E-state index >= 15 is 0 Å². The van der Waals surface area contributed by atoms with Gasteiger partial charge in [0, 0.05) is 13.1 Å². The zero-order chi connectivity index (χ0) is 28.6. The van der Waals surface area contributed by atoms with Crippen molar-refractivity contribution < 1.29 is 18.0 Å². The van der Waals surface area contributed by atoms with E-state index in [9.17, 15) is 18.0 Å². The molecule has 0 aromatic heterocycles. The van der Waals surface area contributed by atoms with Gasteiger partial charge in [0.2, 0.25) is 11.8 Å². The van der Waals surface area contributed by atoms with Crippen molar-refractivity contribution in [2.45, 2.75) is 64.9 Å². The van der Waals surface area contributed by atoms with E-state index < -0.39 is 28.5 Å². The Morgan fingerprint density at radius 2 is 1.54 bits per heavy atom. The van der Waals surface area contributed by atoms with Crippen LogP contribution in [-0.4, -0.2) is 44.3 Å². The molecule has 0 radical (unpaired) electrons. The molecule has 0 bridgehead atoms. The molecule has 0 aliphatic heterocycles. The highest BCUT2D eigenvalue weighted by Crippen LogP contribution is 2.29. The maximum atomic E-state index is 14.1. The fourth-order valence-corrected chi connectivity index (χ4v) is 5.91. The van der Waals surface area contributed by atoms with Crippen LogP contribution in [0.4, 0.5) is 5.69 Å². The summed E-state index contributed by atoms with van der Waals surface area (Å²) in [5.41, 5.74) is 4.06. The van der Waals surface area contributed by atoms with Gasteiger partial charge in [-0.3, -0.25) is 13.9 Å². The molecule has 1 N–H and O–H groups in total. The number of aryl methyl sites for hydroxylation is 2. The fraction of sp³-hybridized carbons (Fsp3) is 0.355. The number of nitrogens with zero attached hydrogens (tertiary/aromatic N) is 2. The molecular formula is C31H39N3O4S. The summed E-state index contributed by atoms with van der Waals surface area (Å²) in [6.45, 7) is 9.80. The lowest BCUT2D eigenvalue weighted by atomic mass is 10.1. The van der Waals surface area contributed by atoms with Gasteiger partial charge in [0.25, 0.3) is 10.0 Å². The van der Waals surface area contributed by atoms with Crippen molar-refractivity contribution in [1.82, 2.24) is 10.2 Å². The molecule has 0 fully saturated rings. The first-order valence-electron chi connectivity index (χ1n) is 13.4.